The van der Waals surface area contributed by atoms with E-state index in [-0.39, 0.29) is 17.9 Å². The first-order valence-corrected chi connectivity index (χ1v) is 10.6. The monoisotopic (exact) mass is 408 g/mol. The Morgan fingerprint density at radius 2 is 2.07 bits per heavy atom. The number of nitrogen functional groups attached to an aromatic ring is 1. The van der Waals surface area contributed by atoms with Crippen molar-refractivity contribution in [2.24, 2.45) is 0 Å². The van der Waals surface area contributed by atoms with Crippen LogP contribution >= 0.6 is 11.3 Å². The van der Waals surface area contributed by atoms with Gasteiger partial charge in [-0.25, -0.2) is 4.98 Å². The van der Waals surface area contributed by atoms with Gasteiger partial charge < -0.3 is 16.0 Å². The third-order valence-electron chi connectivity index (χ3n) is 5.49. The highest BCUT2D eigenvalue weighted by atomic mass is 32.1. The highest BCUT2D eigenvalue weighted by Gasteiger charge is 2.30. The summed E-state index contributed by atoms with van der Waals surface area (Å²) >= 11 is 1.51. The van der Waals surface area contributed by atoms with Crippen LogP contribution in [0.5, 0.6) is 0 Å². The summed E-state index contributed by atoms with van der Waals surface area (Å²) < 4.78 is 1.09. The van der Waals surface area contributed by atoms with E-state index in [4.69, 9.17) is 5.73 Å². The van der Waals surface area contributed by atoms with E-state index in [1.165, 1.54) is 11.3 Å². The minimum Gasteiger partial charge on any atom is -0.384 e. The van der Waals surface area contributed by atoms with E-state index in [1.54, 1.807) is 25.4 Å². The van der Waals surface area contributed by atoms with E-state index in [2.05, 4.69) is 16.4 Å². The molecule has 0 bridgehead atoms. The summed E-state index contributed by atoms with van der Waals surface area (Å²) in [7, 11) is 1.65. The zero-order valence-corrected chi connectivity index (χ0v) is 17.2. The molecule has 29 heavy (non-hydrogen) atoms. The van der Waals surface area contributed by atoms with Crippen LogP contribution < -0.4 is 11.1 Å². The van der Waals surface area contributed by atoms with E-state index in [1.807, 2.05) is 23.1 Å². The number of nitrogens with two attached hydrogens (primary N) is 1. The Morgan fingerprint density at radius 3 is 2.83 bits per heavy atom. The second kappa shape index (κ2) is 8.21. The topological polar surface area (TPSA) is 88.3 Å². The fourth-order valence-corrected chi connectivity index (χ4v) is 5.19. The number of hydrogen-bond acceptors (Lipinski definition) is 5. The van der Waals surface area contributed by atoms with Gasteiger partial charge in [0.2, 0.25) is 0 Å². The van der Waals surface area contributed by atoms with Crippen molar-refractivity contribution < 1.29 is 9.59 Å². The Morgan fingerprint density at radius 1 is 1.24 bits per heavy atom. The third-order valence-corrected chi connectivity index (χ3v) is 6.70. The molecule has 3 heterocycles. The Labute approximate surface area is 173 Å². The summed E-state index contributed by atoms with van der Waals surface area (Å²) in [5, 5.41) is 3.86. The lowest BCUT2D eigenvalue weighted by atomic mass is 9.93. The number of carbonyl (C=O) groups is 2. The average molecular weight is 409 g/mol. The van der Waals surface area contributed by atoms with E-state index >= 15 is 0 Å². The molecule has 1 aliphatic heterocycles. The second-order valence-corrected chi connectivity index (χ2v) is 8.36. The number of nitrogens with one attached hydrogen (secondary N) is 1. The van der Waals surface area contributed by atoms with Gasteiger partial charge in [-0.1, -0.05) is 18.2 Å². The van der Waals surface area contributed by atoms with Crippen LogP contribution in [0.25, 0.3) is 10.1 Å². The fraction of sp³-hybridized carbons (Fsp3) is 0.318. The van der Waals surface area contributed by atoms with E-state index in [0.29, 0.717) is 24.3 Å². The van der Waals surface area contributed by atoms with E-state index < -0.39 is 0 Å². The average Bonchev–Trinajstić information content (AvgIpc) is 3.12. The van der Waals surface area contributed by atoms with Gasteiger partial charge in [-0.2, -0.15) is 0 Å². The first-order chi connectivity index (χ1) is 14.1. The predicted molar refractivity (Wildman–Crippen MR) is 116 cm³/mol. The SMILES string of the molecule is CNC(=O)c1sc2ccccc2c1CC1CCCCN1C(=O)c1ccc(N)nc1. The van der Waals surface area contributed by atoms with Crippen LogP contribution in [0.3, 0.4) is 0 Å². The summed E-state index contributed by atoms with van der Waals surface area (Å²) in [6, 6.07) is 11.5. The molecule has 4 rings (SSSR count). The summed E-state index contributed by atoms with van der Waals surface area (Å²) in [4.78, 5) is 32.4. The van der Waals surface area contributed by atoms with Gasteiger partial charge in [-0.05, 0) is 54.8 Å². The van der Waals surface area contributed by atoms with Crippen LogP contribution in [-0.2, 0) is 6.42 Å². The lowest BCUT2D eigenvalue weighted by Gasteiger charge is -2.36. The van der Waals surface area contributed by atoms with Gasteiger partial charge in [-0.3, -0.25) is 9.59 Å². The molecule has 2 amide bonds. The van der Waals surface area contributed by atoms with Gasteiger partial charge >= 0.3 is 0 Å². The van der Waals surface area contributed by atoms with Crippen molar-refractivity contribution in [3.8, 4) is 0 Å². The molecule has 2 aromatic heterocycles. The molecule has 0 radical (unpaired) electrons. The molecule has 3 aromatic rings. The molecular weight excluding hydrogens is 384 g/mol. The summed E-state index contributed by atoms with van der Waals surface area (Å²) in [6.45, 7) is 0.714. The maximum absolute atomic E-state index is 13.2. The number of rotatable bonds is 4. The minimum atomic E-state index is -0.0716. The molecule has 0 spiro atoms. The molecule has 1 saturated heterocycles. The normalized spacial score (nSPS) is 16.7. The molecule has 1 atom stereocenters. The van der Waals surface area contributed by atoms with Crippen molar-refractivity contribution in [1.82, 2.24) is 15.2 Å². The second-order valence-electron chi connectivity index (χ2n) is 7.31. The smallest absolute Gasteiger partial charge is 0.261 e. The van der Waals surface area contributed by atoms with E-state index in [0.717, 1.165) is 39.8 Å². The zero-order valence-electron chi connectivity index (χ0n) is 16.4. The fourth-order valence-electron chi connectivity index (χ4n) is 4.01. The first kappa shape index (κ1) is 19.4. The summed E-state index contributed by atoms with van der Waals surface area (Å²) in [5.41, 5.74) is 7.24. The van der Waals surface area contributed by atoms with Crippen molar-refractivity contribution in [3.05, 3.63) is 58.6 Å². The number of hydrogen-bond donors (Lipinski definition) is 2. The maximum Gasteiger partial charge on any atom is 0.261 e. The Bertz CT molecular complexity index is 1040. The van der Waals surface area contributed by atoms with Crippen LogP contribution in [0, 0.1) is 0 Å². The Hall–Kier alpha value is -2.93. The number of anilines is 1. The predicted octanol–water partition coefficient (Wildman–Crippen LogP) is 3.48. The Kier molecular flexibility index (Phi) is 5.49. The largest absolute Gasteiger partial charge is 0.384 e. The molecule has 1 aromatic carbocycles. The third kappa shape index (κ3) is 3.82. The molecule has 6 nitrogen and oxygen atoms in total. The highest BCUT2D eigenvalue weighted by Crippen LogP contribution is 2.34. The van der Waals surface area contributed by atoms with Crippen LogP contribution in [0.4, 0.5) is 5.82 Å². The number of benzene rings is 1. The van der Waals surface area contributed by atoms with Crippen LogP contribution in [0.2, 0.25) is 0 Å². The van der Waals surface area contributed by atoms with Gasteiger partial charge in [0.05, 0.1) is 10.4 Å². The number of carbonyl (C=O) groups excluding carboxylic acids is 2. The Balaban J connectivity index is 1.67. The quantitative estimate of drug-likeness (QED) is 0.692. The number of aromatic nitrogens is 1. The van der Waals surface area contributed by atoms with Gasteiger partial charge in [0.15, 0.2) is 0 Å². The number of thiophene rings is 1. The molecule has 7 heteroatoms. The van der Waals surface area contributed by atoms with Crippen molar-refractivity contribution in [2.45, 2.75) is 31.7 Å². The number of likely N-dealkylation sites (tertiary alicyclic amines) is 1. The molecular formula is C22H24N4O2S. The van der Waals surface area contributed by atoms with Gasteiger partial charge in [0.1, 0.15) is 5.82 Å². The standard InChI is InChI=1S/C22H24N4O2S/c1-24-21(27)20-17(16-7-2-3-8-18(16)29-20)12-15-6-4-5-11-26(15)22(28)14-9-10-19(23)25-13-14/h2-3,7-10,13,15H,4-6,11-12H2,1H3,(H2,23,25)(H,24,27). The molecule has 0 aliphatic carbocycles. The molecule has 1 fully saturated rings. The minimum absolute atomic E-state index is 0.0248. The first-order valence-electron chi connectivity index (χ1n) is 9.83. The number of amides is 2. The molecule has 3 N–H and O–H groups in total. The molecule has 1 unspecified atom stereocenters. The van der Waals surface area contributed by atoms with Gasteiger partial charge in [-0.15, -0.1) is 11.3 Å². The van der Waals surface area contributed by atoms with Crippen molar-refractivity contribution in [2.75, 3.05) is 19.3 Å². The highest BCUT2D eigenvalue weighted by molar-refractivity contribution is 7.21. The zero-order chi connectivity index (χ0) is 20.4. The summed E-state index contributed by atoms with van der Waals surface area (Å²) in [5.74, 6) is 0.303. The van der Waals surface area contributed by atoms with Crippen molar-refractivity contribution in [1.29, 1.82) is 0 Å². The number of fused-ring (bicyclic) bond motifs is 1. The van der Waals surface area contributed by atoms with Gasteiger partial charge in [0, 0.05) is 30.5 Å². The molecule has 150 valence electrons. The lowest BCUT2D eigenvalue weighted by Crippen LogP contribution is -2.45. The number of nitrogens with zero attached hydrogens (tertiary/aromatic N) is 2. The van der Waals surface area contributed by atoms with Crippen molar-refractivity contribution in [3.63, 3.8) is 0 Å². The summed E-state index contributed by atoms with van der Waals surface area (Å²) in [6.07, 6.45) is 5.19. The van der Waals surface area contributed by atoms with Gasteiger partial charge in [0.25, 0.3) is 11.8 Å². The van der Waals surface area contributed by atoms with Crippen molar-refractivity contribution >= 4 is 39.1 Å². The van der Waals surface area contributed by atoms with Crippen LogP contribution in [-0.4, -0.2) is 41.3 Å². The number of piperidine rings is 1. The molecule has 1 aliphatic rings. The maximum atomic E-state index is 13.2. The van der Waals surface area contributed by atoms with Crippen LogP contribution in [0.1, 0.15) is 44.9 Å². The lowest BCUT2D eigenvalue weighted by molar-refractivity contribution is 0.0613. The molecule has 0 saturated carbocycles. The van der Waals surface area contributed by atoms with Crippen LogP contribution in [0.15, 0.2) is 42.6 Å². The number of pyridine rings is 1. The van der Waals surface area contributed by atoms with E-state index in [9.17, 15) is 9.59 Å².